The van der Waals surface area contributed by atoms with E-state index in [4.69, 9.17) is 4.74 Å². The van der Waals surface area contributed by atoms with E-state index in [1.54, 1.807) is 5.57 Å². The van der Waals surface area contributed by atoms with Gasteiger partial charge in [0.25, 0.3) is 0 Å². The Bertz CT molecular complexity index is 277. The second-order valence-electron chi connectivity index (χ2n) is 5.88. The summed E-state index contributed by atoms with van der Waals surface area (Å²) in [5.41, 5.74) is 1.62. The molecule has 3 rings (SSSR count). The lowest BCUT2D eigenvalue weighted by atomic mass is 9.62. The van der Waals surface area contributed by atoms with Crippen LogP contribution in [0.3, 0.4) is 0 Å². The highest BCUT2D eigenvalue weighted by Gasteiger charge is 2.45. The van der Waals surface area contributed by atoms with E-state index in [1.807, 2.05) is 0 Å². The molecule has 1 nitrogen and oxygen atoms in total. The van der Waals surface area contributed by atoms with E-state index in [9.17, 15) is 0 Å². The van der Waals surface area contributed by atoms with E-state index in [2.05, 4.69) is 19.9 Å². The molecule has 0 aromatic carbocycles. The Hall–Kier alpha value is -0.300. The van der Waals surface area contributed by atoms with Crippen molar-refractivity contribution in [1.82, 2.24) is 0 Å². The predicted molar refractivity (Wildman–Crippen MR) is 61.6 cm³/mol. The van der Waals surface area contributed by atoms with Crippen molar-refractivity contribution in [2.45, 2.75) is 45.6 Å². The van der Waals surface area contributed by atoms with Crippen LogP contribution in [0.2, 0.25) is 0 Å². The second kappa shape index (κ2) is 3.62. The van der Waals surface area contributed by atoms with Crippen LogP contribution in [-0.4, -0.2) is 12.7 Å². The van der Waals surface area contributed by atoms with Crippen LogP contribution in [0.5, 0.6) is 0 Å². The van der Waals surface area contributed by atoms with E-state index in [0.29, 0.717) is 6.10 Å². The first kappa shape index (κ1) is 9.89. The van der Waals surface area contributed by atoms with Crippen molar-refractivity contribution in [3.8, 4) is 0 Å². The normalized spacial score (nSPS) is 49.5. The zero-order valence-electron chi connectivity index (χ0n) is 9.91. The fraction of sp³-hybridized carbons (Fsp3) is 0.857. The lowest BCUT2D eigenvalue weighted by Crippen LogP contribution is -2.36. The summed E-state index contributed by atoms with van der Waals surface area (Å²) in [5, 5.41) is 0. The first-order valence-corrected chi connectivity index (χ1v) is 6.54. The molecule has 5 atom stereocenters. The highest BCUT2D eigenvalue weighted by Crippen LogP contribution is 2.48. The smallest absolute Gasteiger partial charge is 0.0843 e. The predicted octanol–water partition coefficient (Wildman–Crippen LogP) is 3.40. The molecule has 2 fully saturated rings. The highest BCUT2D eigenvalue weighted by atomic mass is 16.6. The first-order valence-electron chi connectivity index (χ1n) is 6.54. The third kappa shape index (κ3) is 1.75. The molecule has 3 unspecified atom stereocenters. The van der Waals surface area contributed by atoms with Crippen LogP contribution >= 0.6 is 0 Å². The van der Waals surface area contributed by atoms with Crippen molar-refractivity contribution in [1.29, 1.82) is 0 Å². The van der Waals surface area contributed by atoms with Gasteiger partial charge >= 0.3 is 0 Å². The fourth-order valence-corrected chi connectivity index (χ4v) is 3.83. The van der Waals surface area contributed by atoms with Gasteiger partial charge in [0, 0.05) is 0 Å². The highest BCUT2D eigenvalue weighted by molar-refractivity contribution is 5.12. The Labute approximate surface area is 92.9 Å². The molecule has 1 heterocycles. The van der Waals surface area contributed by atoms with Crippen LogP contribution in [0.25, 0.3) is 0 Å². The second-order valence-corrected chi connectivity index (χ2v) is 5.88. The Kier molecular flexibility index (Phi) is 2.39. The van der Waals surface area contributed by atoms with Crippen LogP contribution in [0.1, 0.15) is 39.5 Å². The molecule has 0 N–H and O–H groups in total. The van der Waals surface area contributed by atoms with Gasteiger partial charge in [0.05, 0.1) is 12.7 Å². The summed E-state index contributed by atoms with van der Waals surface area (Å²) in [6.45, 7) is 5.80. The van der Waals surface area contributed by atoms with Crippen molar-refractivity contribution in [2.75, 3.05) is 6.61 Å². The molecule has 0 spiro atoms. The van der Waals surface area contributed by atoms with Gasteiger partial charge < -0.3 is 4.74 Å². The van der Waals surface area contributed by atoms with E-state index < -0.39 is 0 Å². The topological polar surface area (TPSA) is 12.5 Å². The maximum Gasteiger partial charge on any atom is 0.0843 e. The summed E-state index contributed by atoms with van der Waals surface area (Å²) in [7, 11) is 0. The van der Waals surface area contributed by atoms with Crippen molar-refractivity contribution in [2.24, 2.45) is 23.7 Å². The van der Waals surface area contributed by atoms with Crippen molar-refractivity contribution < 1.29 is 4.74 Å². The average Bonchev–Trinajstić information content (AvgIpc) is 3.02. The zero-order chi connectivity index (χ0) is 10.4. The molecule has 3 aliphatic rings. The Morgan fingerprint density at radius 3 is 2.73 bits per heavy atom. The summed E-state index contributed by atoms with van der Waals surface area (Å²) in [6, 6.07) is 0. The third-order valence-electron chi connectivity index (χ3n) is 4.86. The molecule has 84 valence electrons. The molecule has 0 amide bonds. The molecule has 1 saturated carbocycles. The molecule has 0 aromatic rings. The monoisotopic (exact) mass is 206 g/mol. The van der Waals surface area contributed by atoms with Gasteiger partial charge in [-0.2, -0.15) is 0 Å². The van der Waals surface area contributed by atoms with Gasteiger partial charge in [0.15, 0.2) is 0 Å². The van der Waals surface area contributed by atoms with Crippen LogP contribution in [0.4, 0.5) is 0 Å². The average molecular weight is 206 g/mol. The number of allylic oxidation sites excluding steroid dienone is 2. The molecule has 15 heavy (non-hydrogen) atoms. The molecular weight excluding hydrogens is 184 g/mol. The summed E-state index contributed by atoms with van der Waals surface area (Å²) in [6.07, 6.45) is 8.79. The van der Waals surface area contributed by atoms with Crippen LogP contribution in [-0.2, 0) is 4.74 Å². The van der Waals surface area contributed by atoms with Gasteiger partial charge in [-0.3, -0.25) is 0 Å². The quantitative estimate of drug-likeness (QED) is 0.473. The SMILES string of the molecule is CC1=CC2C(CC1)[C@H](C)CCC2[C@@H]1CO1. The number of hydrogen-bond acceptors (Lipinski definition) is 1. The number of epoxide rings is 1. The van der Waals surface area contributed by atoms with Crippen molar-refractivity contribution in [3.63, 3.8) is 0 Å². The van der Waals surface area contributed by atoms with Gasteiger partial charge in [0.1, 0.15) is 0 Å². The minimum absolute atomic E-state index is 0.618. The summed E-state index contributed by atoms with van der Waals surface area (Å²) >= 11 is 0. The van der Waals surface area contributed by atoms with E-state index in [-0.39, 0.29) is 0 Å². The Morgan fingerprint density at radius 2 is 2.00 bits per heavy atom. The molecule has 1 heteroatoms. The zero-order valence-corrected chi connectivity index (χ0v) is 9.91. The van der Waals surface area contributed by atoms with Gasteiger partial charge in [-0.1, -0.05) is 25.0 Å². The lowest BCUT2D eigenvalue weighted by molar-refractivity contribution is 0.0961. The van der Waals surface area contributed by atoms with Crippen LogP contribution in [0, 0.1) is 23.7 Å². The standard InChI is InChI=1S/C14H22O/c1-9-3-5-11-10(2)4-6-12(13(11)7-9)14-8-15-14/h7,10-14H,3-6,8H2,1-2H3/t10-,11?,12?,13?,14+/m1/s1. The number of fused-ring (bicyclic) bond motifs is 1. The van der Waals surface area contributed by atoms with Gasteiger partial charge in [-0.25, -0.2) is 0 Å². The summed E-state index contributed by atoms with van der Waals surface area (Å²) in [5.74, 6) is 3.59. The van der Waals surface area contributed by atoms with E-state index >= 15 is 0 Å². The molecule has 1 aliphatic heterocycles. The van der Waals surface area contributed by atoms with Crippen LogP contribution in [0.15, 0.2) is 11.6 Å². The van der Waals surface area contributed by atoms with E-state index in [1.165, 1.54) is 25.7 Å². The molecule has 2 aliphatic carbocycles. The largest absolute Gasteiger partial charge is 0.373 e. The van der Waals surface area contributed by atoms with Crippen LogP contribution < -0.4 is 0 Å². The molecular formula is C14H22O. The maximum absolute atomic E-state index is 5.54. The molecule has 1 saturated heterocycles. The third-order valence-corrected chi connectivity index (χ3v) is 4.86. The molecule has 0 aromatic heterocycles. The minimum Gasteiger partial charge on any atom is -0.373 e. The summed E-state index contributed by atoms with van der Waals surface area (Å²) < 4.78 is 5.54. The number of ether oxygens (including phenoxy) is 1. The van der Waals surface area contributed by atoms with Gasteiger partial charge in [-0.05, 0) is 49.9 Å². The van der Waals surface area contributed by atoms with Crippen molar-refractivity contribution in [3.05, 3.63) is 11.6 Å². The maximum atomic E-state index is 5.54. The van der Waals surface area contributed by atoms with Crippen molar-refractivity contribution >= 4 is 0 Å². The lowest BCUT2D eigenvalue weighted by Gasteiger charge is -2.43. The Morgan fingerprint density at radius 1 is 1.20 bits per heavy atom. The molecule has 0 bridgehead atoms. The van der Waals surface area contributed by atoms with Gasteiger partial charge in [0.2, 0.25) is 0 Å². The first-order chi connectivity index (χ1) is 7.25. The fourth-order valence-electron chi connectivity index (χ4n) is 3.83. The minimum atomic E-state index is 0.618. The number of rotatable bonds is 1. The number of hydrogen-bond donors (Lipinski definition) is 0. The Balaban J connectivity index is 1.84. The van der Waals surface area contributed by atoms with E-state index in [0.717, 1.165) is 30.3 Å². The van der Waals surface area contributed by atoms with Gasteiger partial charge in [-0.15, -0.1) is 0 Å². The summed E-state index contributed by atoms with van der Waals surface area (Å²) in [4.78, 5) is 0. The molecule has 0 radical (unpaired) electrons.